The molecule has 0 N–H and O–H groups in total. The molecule has 1 saturated heterocycles. The maximum absolute atomic E-state index is 5.40. The maximum atomic E-state index is 5.40. The van der Waals surface area contributed by atoms with E-state index in [1.165, 1.54) is 11.1 Å². The first-order valence-electron chi connectivity index (χ1n) is 5.91. The van der Waals surface area contributed by atoms with Crippen LogP contribution in [0.2, 0.25) is 0 Å². The smallest absolute Gasteiger partial charge is 0.0594 e. The van der Waals surface area contributed by atoms with Crippen molar-refractivity contribution in [2.45, 2.75) is 0 Å². The lowest BCUT2D eigenvalue weighted by Crippen LogP contribution is -2.37. The summed E-state index contributed by atoms with van der Waals surface area (Å²) < 4.78 is 5.35. The van der Waals surface area contributed by atoms with E-state index >= 15 is 0 Å². The van der Waals surface area contributed by atoms with Crippen molar-refractivity contribution in [2.24, 2.45) is 0 Å². The molecule has 0 spiro atoms. The van der Waals surface area contributed by atoms with Crippen LogP contribution in [0.25, 0.3) is 5.57 Å². The molecule has 1 aliphatic rings. The molecular weight excluding hydrogens is 210 g/mol. The Balaban J connectivity index is 2.08. The van der Waals surface area contributed by atoms with Crippen LogP contribution in [0.5, 0.6) is 0 Å². The molecule has 0 unspecified atom stereocenters. The highest BCUT2D eigenvalue weighted by Crippen LogP contribution is 2.15. The maximum Gasteiger partial charge on any atom is 0.0594 e. The molecule has 0 saturated carbocycles. The Bertz CT molecular complexity index is 410. The number of terminal acetylenes is 1. The number of allylic oxidation sites excluding steroid dienone is 1. The predicted molar refractivity (Wildman–Crippen MR) is 70.5 cm³/mol. The van der Waals surface area contributed by atoms with Crippen LogP contribution in [0.15, 0.2) is 36.4 Å². The van der Waals surface area contributed by atoms with Crippen molar-refractivity contribution < 1.29 is 4.74 Å². The number of nitrogens with zero attached hydrogens (tertiary/aromatic N) is 1. The summed E-state index contributed by atoms with van der Waals surface area (Å²) in [5.74, 6) is 2.64. The third-order valence-corrected chi connectivity index (χ3v) is 2.90. The van der Waals surface area contributed by atoms with Gasteiger partial charge in [-0.05, 0) is 17.2 Å². The van der Waals surface area contributed by atoms with E-state index in [-0.39, 0.29) is 0 Å². The Labute approximate surface area is 103 Å². The van der Waals surface area contributed by atoms with Crippen molar-refractivity contribution in [2.75, 3.05) is 32.8 Å². The van der Waals surface area contributed by atoms with Crippen LogP contribution in [0, 0.1) is 12.3 Å². The van der Waals surface area contributed by atoms with Crippen molar-refractivity contribution in [3.8, 4) is 12.3 Å². The third-order valence-electron chi connectivity index (χ3n) is 2.90. The van der Waals surface area contributed by atoms with Gasteiger partial charge < -0.3 is 4.74 Å². The van der Waals surface area contributed by atoms with E-state index in [4.69, 9.17) is 11.2 Å². The summed E-state index contributed by atoms with van der Waals surface area (Å²) in [7, 11) is 0. The second kappa shape index (κ2) is 6.24. The summed E-state index contributed by atoms with van der Waals surface area (Å²) in [6, 6.07) is 10.3. The van der Waals surface area contributed by atoms with Crippen LogP contribution in [0.1, 0.15) is 5.56 Å². The van der Waals surface area contributed by atoms with E-state index in [9.17, 15) is 0 Å². The van der Waals surface area contributed by atoms with Gasteiger partial charge in [-0.3, -0.25) is 4.90 Å². The monoisotopic (exact) mass is 227 g/mol. The first kappa shape index (κ1) is 11.9. The predicted octanol–water partition coefficient (Wildman–Crippen LogP) is 2.04. The molecule has 0 radical (unpaired) electrons. The van der Waals surface area contributed by atoms with E-state index in [1.807, 2.05) is 24.3 Å². The molecular formula is C15H17NO. The highest BCUT2D eigenvalue weighted by Gasteiger charge is 2.12. The van der Waals surface area contributed by atoms with Gasteiger partial charge in [-0.25, -0.2) is 0 Å². The SMILES string of the molecule is C#C/C=C(/CN1CCOCC1)c1ccccc1. The van der Waals surface area contributed by atoms with Gasteiger partial charge in [0.05, 0.1) is 13.2 Å². The second-order valence-corrected chi connectivity index (χ2v) is 4.09. The quantitative estimate of drug-likeness (QED) is 0.733. The average molecular weight is 227 g/mol. The summed E-state index contributed by atoms with van der Waals surface area (Å²) in [6.07, 6.45) is 7.27. The van der Waals surface area contributed by atoms with Crippen LogP contribution in [-0.4, -0.2) is 37.7 Å². The van der Waals surface area contributed by atoms with Crippen molar-refractivity contribution in [1.29, 1.82) is 0 Å². The molecule has 17 heavy (non-hydrogen) atoms. The van der Waals surface area contributed by atoms with E-state index in [2.05, 4.69) is 23.0 Å². The fourth-order valence-corrected chi connectivity index (χ4v) is 1.97. The fourth-order valence-electron chi connectivity index (χ4n) is 1.97. The highest BCUT2D eigenvalue weighted by atomic mass is 16.5. The second-order valence-electron chi connectivity index (χ2n) is 4.09. The van der Waals surface area contributed by atoms with E-state index in [0.717, 1.165) is 32.8 Å². The minimum absolute atomic E-state index is 0.818. The molecule has 2 nitrogen and oxygen atoms in total. The van der Waals surface area contributed by atoms with E-state index in [1.54, 1.807) is 0 Å². The van der Waals surface area contributed by atoms with Crippen LogP contribution in [0.3, 0.4) is 0 Å². The molecule has 88 valence electrons. The lowest BCUT2D eigenvalue weighted by atomic mass is 10.1. The van der Waals surface area contributed by atoms with Crippen LogP contribution in [0.4, 0.5) is 0 Å². The summed E-state index contributed by atoms with van der Waals surface area (Å²) in [5, 5.41) is 0. The van der Waals surface area contributed by atoms with Gasteiger partial charge in [-0.2, -0.15) is 0 Å². The molecule has 2 rings (SSSR count). The normalized spacial score (nSPS) is 17.7. The van der Waals surface area contributed by atoms with Gasteiger partial charge in [-0.1, -0.05) is 36.3 Å². The van der Waals surface area contributed by atoms with Crippen molar-refractivity contribution >= 4 is 5.57 Å². The van der Waals surface area contributed by atoms with Crippen molar-refractivity contribution in [3.63, 3.8) is 0 Å². The first-order chi connectivity index (χ1) is 8.40. The Morgan fingerprint density at radius 2 is 2.00 bits per heavy atom. The Morgan fingerprint density at radius 3 is 2.65 bits per heavy atom. The molecule has 1 heterocycles. The zero-order valence-electron chi connectivity index (χ0n) is 9.93. The minimum Gasteiger partial charge on any atom is -0.379 e. The minimum atomic E-state index is 0.818. The number of hydrogen-bond acceptors (Lipinski definition) is 2. The zero-order chi connectivity index (χ0) is 11.9. The Morgan fingerprint density at radius 1 is 1.29 bits per heavy atom. The number of benzene rings is 1. The third kappa shape index (κ3) is 3.45. The number of ether oxygens (including phenoxy) is 1. The first-order valence-corrected chi connectivity index (χ1v) is 5.91. The van der Waals surface area contributed by atoms with E-state index < -0.39 is 0 Å². The number of rotatable bonds is 3. The summed E-state index contributed by atoms with van der Waals surface area (Å²) >= 11 is 0. The molecule has 1 aliphatic heterocycles. The highest BCUT2D eigenvalue weighted by molar-refractivity contribution is 5.69. The van der Waals surface area contributed by atoms with Crippen molar-refractivity contribution in [3.05, 3.63) is 42.0 Å². The largest absolute Gasteiger partial charge is 0.379 e. The van der Waals surface area contributed by atoms with Gasteiger partial charge in [0.15, 0.2) is 0 Å². The van der Waals surface area contributed by atoms with Crippen LogP contribution >= 0.6 is 0 Å². The zero-order valence-corrected chi connectivity index (χ0v) is 9.93. The standard InChI is InChI=1S/C15H17NO/c1-2-6-15(14-7-4-3-5-8-14)13-16-9-11-17-12-10-16/h1,3-8H,9-13H2/b15-6-. The van der Waals surface area contributed by atoms with Gasteiger partial charge in [0.25, 0.3) is 0 Å². The Hall–Kier alpha value is -1.56. The molecule has 1 fully saturated rings. The molecule has 1 aromatic rings. The topological polar surface area (TPSA) is 12.5 Å². The summed E-state index contributed by atoms with van der Waals surface area (Å²) in [6.45, 7) is 4.50. The van der Waals surface area contributed by atoms with Crippen molar-refractivity contribution in [1.82, 2.24) is 4.90 Å². The van der Waals surface area contributed by atoms with Gasteiger partial charge in [0.1, 0.15) is 0 Å². The van der Waals surface area contributed by atoms with Gasteiger partial charge in [0, 0.05) is 19.6 Å². The lowest BCUT2D eigenvalue weighted by Gasteiger charge is -2.27. The molecule has 0 aliphatic carbocycles. The Kier molecular flexibility index (Phi) is 4.37. The molecule has 0 aromatic heterocycles. The molecule has 0 atom stereocenters. The van der Waals surface area contributed by atoms with Gasteiger partial charge >= 0.3 is 0 Å². The van der Waals surface area contributed by atoms with Gasteiger partial charge in [0.2, 0.25) is 0 Å². The van der Waals surface area contributed by atoms with E-state index in [0.29, 0.717) is 0 Å². The summed E-state index contributed by atoms with van der Waals surface area (Å²) in [5.41, 5.74) is 2.41. The molecule has 0 amide bonds. The van der Waals surface area contributed by atoms with Gasteiger partial charge in [-0.15, -0.1) is 6.42 Å². The fraction of sp³-hybridized carbons (Fsp3) is 0.333. The molecule has 1 aromatic carbocycles. The van der Waals surface area contributed by atoms with Crippen LogP contribution < -0.4 is 0 Å². The van der Waals surface area contributed by atoms with Crippen LogP contribution in [-0.2, 0) is 4.74 Å². The lowest BCUT2D eigenvalue weighted by molar-refractivity contribution is 0.0444. The summed E-state index contributed by atoms with van der Waals surface area (Å²) in [4.78, 5) is 2.37. The molecule has 0 bridgehead atoms. The number of hydrogen-bond donors (Lipinski definition) is 0. The average Bonchev–Trinajstić information content (AvgIpc) is 2.40. The molecule has 2 heteroatoms. The number of morpholine rings is 1.